The molecule has 2 heterocycles. The van der Waals surface area contributed by atoms with Crippen LogP contribution in [0, 0.1) is 5.92 Å². The molecule has 1 fully saturated rings. The van der Waals surface area contributed by atoms with Gasteiger partial charge in [-0.15, -0.1) is 0 Å². The number of aliphatic hydroxyl groups excluding tert-OH is 1. The summed E-state index contributed by atoms with van der Waals surface area (Å²) >= 11 is 12.1. The summed E-state index contributed by atoms with van der Waals surface area (Å²) in [5, 5.41) is 16.7. The third-order valence-corrected chi connectivity index (χ3v) is 4.99. The molecule has 0 radical (unpaired) electrons. The number of hydrogen-bond acceptors (Lipinski definition) is 6. The van der Waals surface area contributed by atoms with Crippen LogP contribution in [0.2, 0.25) is 10.0 Å². The Bertz CT molecular complexity index is 826. The number of nitrogens with one attached hydrogen (secondary N) is 2. The van der Waals surface area contributed by atoms with Crippen LogP contribution in [0.1, 0.15) is 25.5 Å². The molecular weight excluding hydrogens is 401 g/mol. The van der Waals surface area contributed by atoms with Gasteiger partial charge in [0.15, 0.2) is 5.82 Å². The summed E-state index contributed by atoms with van der Waals surface area (Å²) in [5.74, 6) is 0.801. The normalized spacial score (nSPS) is 15.3. The quantitative estimate of drug-likeness (QED) is 0.634. The van der Waals surface area contributed by atoms with E-state index in [1.807, 2.05) is 18.7 Å². The first-order valence-electron chi connectivity index (χ1n) is 9.08. The topological polar surface area (TPSA) is 90.4 Å². The fraction of sp³-hybridized carbons (Fsp3) is 0.421. The summed E-state index contributed by atoms with van der Waals surface area (Å²) in [4.78, 5) is 23.1. The lowest BCUT2D eigenvalue weighted by atomic mass is 9.98. The van der Waals surface area contributed by atoms with Gasteiger partial charge in [-0.2, -0.15) is 4.98 Å². The molecule has 1 aliphatic heterocycles. The van der Waals surface area contributed by atoms with Crippen molar-refractivity contribution >= 4 is 40.9 Å². The maximum Gasteiger partial charge on any atom is 0.227 e. The minimum Gasteiger partial charge on any atom is -0.394 e. The highest BCUT2D eigenvalue weighted by atomic mass is 35.5. The third kappa shape index (κ3) is 4.84. The van der Waals surface area contributed by atoms with Gasteiger partial charge in [-0.05, 0) is 31.5 Å². The summed E-state index contributed by atoms with van der Waals surface area (Å²) < 4.78 is 0. The highest BCUT2D eigenvalue weighted by Crippen LogP contribution is 2.30. The third-order valence-electron chi connectivity index (χ3n) is 4.47. The molecular formula is C19H23Cl2N5O2. The van der Waals surface area contributed by atoms with Crippen molar-refractivity contribution in [2.24, 2.45) is 5.92 Å². The number of carbonyl (C=O) groups excluding carboxylic acids is 1. The van der Waals surface area contributed by atoms with Gasteiger partial charge in [0, 0.05) is 24.2 Å². The molecule has 3 N–H and O–H groups in total. The Morgan fingerprint density at radius 1 is 1.29 bits per heavy atom. The van der Waals surface area contributed by atoms with Gasteiger partial charge >= 0.3 is 0 Å². The molecule has 0 saturated carbocycles. The van der Waals surface area contributed by atoms with Crippen molar-refractivity contribution in [3.8, 4) is 0 Å². The molecule has 1 unspecified atom stereocenters. The van der Waals surface area contributed by atoms with E-state index >= 15 is 0 Å². The molecule has 1 aromatic carbocycles. The van der Waals surface area contributed by atoms with Gasteiger partial charge < -0.3 is 20.6 Å². The molecule has 0 bridgehead atoms. The van der Waals surface area contributed by atoms with E-state index in [4.69, 9.17) is 23.2 Å². The van der Waals surface area contributed by atoms with E-state index in [0.29, 0.717) is 34.9 Å². The molecule has 2 aromatic rings. The van der Waals surface area contributed by atoms with Gasteiger partial charge in [0.2, 0.25) is 11.9 Å². The zero-order chi connectivity index (χ0) is 20.3. The molecule has 9 heteroatoms. The highest BCUT2D eigenvalue weighted by Gasteiger charge is 2.35. The number of benzene rings is 1. The Morgan fingerprint density at radius 2 is 1.96 bits per heavy atom. The second-order valence-electron chi connectivity index (χ2n) is 7.06. The van der Waals surface area contributed by atoms with Crippen LogP contribution in [-0.4, -0.2) is 46.7 Å². The van der Waals surface area contributed by atoms with E-state index in [2.05, 4.69) is 20.6 Å². The number of rotatable bonds is 7. The monoisotopic (exact) mass is 423 g/mol. The van der Waals surface area contributed by atoms with Crippen LogP contribution < -0.4 is 15.5 Å². The van der Waals surface area contributed by atoms with Gasteiger partial charge in [0.05, 0.1) is 24.8 Å². The lowest BCUT2D eigenvalue weighted by Gasteiger charge is -2.40. The molecule has 28 heavy (non-hydrogen) atoms. The number of carbonyl (C=O) groups is 1. The van der Waals surface area contributed by atoms with E-state index in [1.165, 1.54) is 0 Å². The van der Waals surface area contributed by atoms with Gasteiger partial charge in [0.1, 0.15) is 5.02 Å². The number of hydrogen-bond donors (Lipinski definition) is 3. The predicted octanol–water partition coefficient (Wildman–Crippen LogP) is 2.89. The van der Waals surface area contributed by atoms with Crippen LogP contribution in [0.3, 0.4) is 0 Å². The van der Waals surface area contributed by atoms with Crippen LogP contribution in [0.25, 0.3) is 0 Å². The Morgan fingerprint density at radius 3 is 2.57 bits per heavy atom. The van der Waals surface area contributed by atoms with E-state index in [0.717, 1.165) is 5.56 Å². The van der Waals surface area contributed by atoms with Crippen molar-refractivity contribution in [3.05, 3.63) is 46.1 Å². The highest BCUT2D eigenvalue weighted by molar-refractivity contribution is 6.32. The maximum atomic E-state index is 12.6. The fourth-order valence-electron chi connectivity index (χ4n) is 2.94. The molecule has 150 valence electrons. The Balaban J connectivity index is 1.60. The van der Waals surface area contributed by atoms with E-state index < -0.39 is 6.04 Å². The van der Waals surface area contributed by atoms with E-state index in [1.54, 1.807) is 30.5 Å². The number of nitrogens with zero attached hydrogens (tertiary/aromatic N) is 3. The standard InChI is InChI=1S/C19H23Cl2N5O2/c1-11(2)23-19-22-7-15(21)17(25-19)26-8-13(9-26)18(28)24-16(10-27)12-3-5-14(20)6-4-12/h3-7,11,13,16,27H,8-10H2,1-2H3,(H,24,28)(H,22,23,25). The number of anilines is 2. The number of halogens is 2. The summed E-state index contributed by atoms with van der Waals surface area (Å²) in [6.07, 6.45) is 1.56. The van der Waals surface area contributed by atoms with Crippen LogP contribution in [-0.2, 0) is 4.79 Å². The molecule has 0 aliphatic carbocycles. The fourth-order valence-corrected chi connectivity index (χ4v) is 3.28. The van der Waals surface area contributed by atoms with Gasteiger partial charge in [-0.1, -0.05) is 35.3 Å². The van der Waals surface area contributed by atoms with Crippen molar-refractivity contribution in [3.63, 3.8) is 0 Å². The smallest absolute Gasteiger partial charge is 0.227 e. The molecule has 1 amide bonds. The number of aromatic nitrogens is 2. The molecule has 7 nitrogen and oxygen atoms in total. The zero-order valence-corrected chi connectivity index (χ0v) is 17.2. The van der Waals surface area contributed by atoms with Crippen molar-refractivity contribution < 1.29 is 9.90 Å². The minimum atomic E-state index is -0.469. The molecule has 1 aromatic heterocycles. The van der Waals surface area contributed by atoms with Crippen LogP contribution in [0.15, 0.2) is 30.5 Å². The molecule has 0 spiro atoms. The predicted molar refractivity (Wildman–Crippen MR) is 111 cm³/mol. The second-order valence-corrected chi connectivity index (χ2v) is 7.91. The molecule has 1 saturated heterocycles. The van der Waals surface area contributed by atoms with Crippen molar-refractivity contribution in [1.29, 1.82) is 0 Å². The summed E-state index contributed by atoms with van der Waals surface area (Å²) in [6.45, 7) is 4.82. The SMILES string of the molecule is CC(C)Nc1ncc(Cl)c(N2CC(C(=O)NC(CO)c3ccc(Cl)cc3)C2)n1. The van der Waals surface area contributed by atoms with Crippen molar-refractivity contribution in [2.75, 3.05) is 29.9 Å². The first-order valence-corrected chi connectivity index (χ1v) is 9.83. The van der Waals surface area contributed by atoms with Crippen LogP contribution in [0.5, 0.6) is 0 Å². The molecule has 1 atom stereocenters. The zero-order valence-electron chi connectivity index (χ0n) is 15.7. The van der Waals surface area contributed by atoms with E-state index in [9.17, 15) is 9.90 Å². The number of aliphatic hydroxyl groups is 1. The van der Waals surface area contributed by atoms with Gasteiger partial charge in [-0.25, -0.2) is 4.98 Å². The first kappa shape index (κ1) is 20.6. The Hall–Kier alpha value is -2.09. The first-order chi connectivity index (χ1) is 13.4. The summed E-state index contributed by atoms with van der Waals surface area (Å²) in [5.41, 5.74) is 0.805. The maximum absolute atomic E-state index is 12.6. The second kappa shape index (κ2) is 8.94. The molecule has 1 aliphatic rings. The van der Waals surface area contributed by atoms with Gasteiger partial charge in [-0.3, -0.25) is 4.79 Å². The average Bonchev–Trinajstić information content (AvgIpc) is 2.61. The largest absolute Gasteiger partial charge is 0.394 e. The number of amides is 1. The lowest BCUT2D eigenvalue weighted by molar-refractivity contribution is -0.126. The summed E-state index contributed by atoms with van der Waals surface area (Å²) in [6, 6.07) is 6.78. The van der Waals surface area contributed by atoms with Crippen molar-refractivity contribution in [2.45, 2.75) is 25.9 Å². The lowest BCUT2D eigenvalue weighted by Crippen LogP contribution is -2.54. The minimum absolute atomic E-state index is 0.115. The van der Waals surface area contributed by atoms with Crippen molar-refractivity contribution in [1.82, 2.24) is 15.3 Å². The Labute approximate surface area is 174 Å². The van der Waals surface area contributed by atoms with E-state index in [-0.39, 0.29) is 24.5 Å². The van der Waals surface area contributed by atoms with Gasteiger partial charge in [0.25, 0.3) is 0 Å². The van der Waals surface area contributed by atoms with Crippen LogP contribution in [0.4, 0.5) is 11.8 Å². The molecule has 3 rings (SSSR count). The Kier molecular flexibility index (Phi) is 6.59. The van der Waals surface area contributed by atoms with Crippen LogP contribution >= 0.6 is 23.2 Å². The average molecular weight is 424 g/mol. The summed E-state index contributed by atoms with van der Waals surface area (Å²) in [7, 11) is 0.